The van der Waals surface area contributed by atoms with Crippen molar-refractivity contribution in [3.8, 4) is 0 Å². The number of nitrogens with zero attached hydrogens (tertiary/aromatic N) is 3. The second-order valence-corrected chi connectivity index (χ2v) is 9.90. The Morgan fingerprint density at radius 3 is 2.85 bits per heavy atom. The molecule has 176 valence electrons. The Balaban J connectivity index is 1.48. The van der Waals surface area contributed by atoms with E-state index in [-0.39, 0.29) is 29.8 Å². The van der Waals surface area contributed by atoms with E-state index in [1.54, 1.807) is 29.0 Å². The molecule has 1 spiro atoms. The monoisotopic (exact) mass is 491 g/mol. The van der Waals surface area contributed by atoms with Gasteiger partial charge < -0.3 is 19.3 Å². The molecule has 1 aromatic carbocycles. The number of rotatable bonds is 6. The van der Waals surface area contributed by atoms with Crippen molar-refractivity contribution in [3.63, 3.8) is 0 Å². The Hall–Kier alpha value is -2.65. The van der Waals surface area contributed by atoms with E-state index in [0.717, 1.165) is 22.5 Å². The lowest BCUT2D eigenvalue weighted by atomic mass is 9.81. The molecule has 0 N–H and O–H groups in total. The second kappa shape index (κ2) is 9.69. The highest BCUT2D eigenvalue weighted by molar-refractivity contribution is 7.11. The first-order chi connectivity index (χ1) is 15.8. The standard InChI is InChI=1S/C23H26ClN3O5S/c1-3-32-21(29)7-5-16-12-25-19(33-16)11-20(28)27-14-23(8-9-26(13-23)22(30)31-2)17-10-15(24)4-6-18(17)27/h4,6,10,12H,3,5,7-9,11,13-14H2,1-2H3. The smallest absolute Gasteiger partial charge is 0.409 e. The fourth-order valence-electron chi connectivity index (χ4n) is 4.60. The Kier molecular flexibility index (Phi) is 6.90. The molecule has 0 radical (unpaired) electrons. The van der Waals surface area contributed by atoms with E-state index in [2.05, 4.69) is 4.98 Å². The fraction of sp³-hybridized carbons (Fsp3) is 0.478. The van der Waals surface area contributed by atoms with E-state index in [1.165, 1.54) is 18.4 Å². The maximum atomic E-state index is 13.3. The first kappa shape index (κ1) is 23.5. The average Bonchev–Trinajstić information content (AvgIpc) is 3.51. The number of likely N-dealkylation sites (tertiary alicyclic amines) is 1. The summed E-state index contributed by atoms with van der Waals surface area (Å²) >= 11 is 7.73. The Bertz CT molecular complexity index is 1070. The summed E-state index contributed by atoms with van der Waals surface area (Å²) in [7, 11) is 1.37. The molecule has 1 fully saturated rings. The van der Waals surface area contributed by atoms with Crippen LogP contribution < -0.4 is 4.90 Å². The molecule has 0 aliphatic carbocycles. The van der Waals surface area contributed by atoms with E-state index in [9.17, 15) is 14.4 Å². The maximum Gasteiger partial charge on any atom is 0.409 e. The van der Waals surface area contributed by atoms with Gasteiger partial charge >= 0.3 is 12.1 Å². The molecular formula is C23H26ClN3O5S. The number of esters is 1. The zero-order valence-electron chi connectivity index (χ0n) is 18.6. The van der Waals surface area contributed by atoms with E-state index in [0.29, 0.717) is 49.1 Å². The summed E-state index contributed by atoms with van der Waals surface area (Å²) in [4.78, 5) is 45.8. The van der Waals surface area contributed by atoms with E-state index < -0.39 is 0 Å². The minimum absolute atomic E-state index is 0.0572. The van der Waals surface area contributed by atoms with Crippen LogP contribution in [0.1, 0.15) is 35.2 Å². The highest BCUT2D eigenvalue weighted by Gasteiger charge is 2.50. The molecule has 1 saturated heterocycles. The van der Waals surface area contributed by atoms with Crippen molar-refractivity contribution in [2.24, 2.45) is 0 Å². The van der Waals surface area contributed by atoms with Crippen LogP contribution in [0.4, 0.5) is 10.5 Å². The molecule has 2 aliphatic rings. The quantitative estimate of drug-likeness (QED) is 0.574. The van der Waals surface area contributed by atoms with Gasteiger partial charge in [-0.3, -0.25) is 9.59 Å². The van der Waals surface area contributed by atoms with Gasteiger partial charge in [0.15, 0.2) is 0 Å². The van der Waals surface area contributed by atoms with Crippen LogP contribution in [0.3, 0.4) is 0 Å². The van der Waals surface area contributed by atoms with Gasteiger partial charge in [0.25, 0.3) is 0 Å². The SMILES string of the molecule is CCOC(=O)CCc1cnc(CC(=O)N2CC3(CCN(C(=O)OC)C3)c3cc(Cl)ccc32)s1. The van der Waals surface area contributed by atoms with Crippen LogP contribution >= 0.6 is 22.9 Å². The molecule has 33 heavy (non-hydrogen) atoms. The minimum atomic E-state index is -0.363. The lowest BCUT2D eigenvalue weighted by Crippen LogP contribution is -2.40. The van der Waals surface area contributed by atoms with Crippen molar-refractivity contribution in [3.05, 3.63) is 44.9 Å². The van der Waals surface area contributed by atoms with E-state index in [1.807, 2.05) is 12.1 Å². The Morgan fingerprint density at radius 1 is 1.27 bits per heavy atom. The summed E-state index contributed by atoms with van der Waals surface area (Å²) in [5.41, 5.74) is 1.46. The number of carbonyl (C=O) groups excluding carboxylic acids is 3. The van der Waals surface area contributed by atoms with Crippen LogP contribution in [0.2, 0.25) is 5.02 Å². The molecule has 1 unspecified atom stereocenters. The number of amides is 2. The van der Waals surface area contributed by atoms with Crippen LogP contribution in [0, 0.1) is 0 Å². The third-order valence-corrected chi connectivity index (χ3v) is 7.45. The summed E-state index contributed by atoms with van der Waals surface area (Å²) < 4.78 is 9.86. The van der Waals surface area contributed by atoms with Gasteiger partial charge in [0.1, 0.15) is 5.01 Å². The molecule has 2 aromatic rings. The average molecular weight is 492 g/mol. The molecule has 1 atom stereocenters. The summed E-state index contributed by atoms with van der Waals surface area (Å²) in [5.74, 6) is -0.294. The largest absolute Gasteiger partial charge is 0.466 e. The number of ether oxygens (including phenoxy) is 2. The predicted octanol–water partition coefficient (Wildman–Crippen LogP) is 3.59. The number of fused-ring (bicyclic) bond motifs is 2. The van der Waals surface area contributed by atoms with Gasteiger partial charge in [-0.2, -0.15) is 0 Å². The third-order valence-electron chi connectivity index (χ3n) is 6.15. The molecule has 0 bridgehead atoms. The zero-order chi connectivity index (χ0) is 23.6. The van der Waals surface area contributed by atoms with Crippen molar-refractivity contribution < 1.29 is 23.9 Å². The third kappa shape index (κ3) is 4.84. The summed E-state index contributed by atoms with van der Waals surface area (Å²) in [5, 5.41) is 1.31. The minimum Gasteiger partial charge on any atom is -0.466 e. The van der Waals surface area contributed by atoms with Gasteiger partial charge in [-0.05, 0) is 43.5 Å². The summed E-state index contributed by atoms with van der Waals surface area (Å²) in [6.07, 6.45) is 3.10. The number of aryl methyl sites for hydroxylation is 1. The number of halogens is 1. The van der Waals surface area contributed by atoms with Crippen LogP contribution in [0.5, 0.6) is 0 Å². The van der Waals surface area contributed by atoms with Gasteiger partial charge in [-0.25, -0.2) is 9.78 Å². The van der Waals surface area contributed by atoms with Gasteiger partial charge in [0.2, 0.25) is 5.91 Å². The van der Waals surface area contributed by atoms with Crippen molar-refractivity contribution >= 4 is 46.6 Å². The Labute approximate surface area is 201 Å². The van der Waals surface area contributed by atoms with Gasteiger partial charge in [0.05, 0.1) is 26.6 Å². The van der Waals surface area contributed by atoms with Crippen molar-refractivity contribution in [1.82, 2.24) is 9.88 Å². The first-order valence-corrected chi connectivity index (χ1v) is 12.1. The van der Waals surface area contributed by atoms with Crippen LogP contribution in [-0.4, -0.2) is 61.2 Å². The molecule has 2 aliphatic heterocycles. The number of hydrogen-bond donors (Lipinski definition) is 0. The Morgan fingerprint density at radius 2 is 2.09 bits per heavy atom. The number of carbonyl (C=O) groups is 3. The van der Waals surface area contributed by atoms with Crippen LogP contribution in [0.15, 0.2) is 24.4 Å². The number of hydrogen-bond acceptors (Lipinski definition) is 7. The van der Waals surface area contributed by atoms with Crippen molar-refractivity contribution in [1.29, 1.82) is 0 Å². The molecule has 10 heteroatoms. The number of aromatic nitrogens is 1. The van der Waals surface area contributed by atoms with Crippen LogP contribution in [0.25, 0.3) is 0 Å². The topological polar surface area (TPSA) is 89.0 Å². The van der Waals surface area contributed by atoms with E-state index >= 15 is 0 Å². The zero-order valence-corrected chi connectivity index (χ0v) is 20.2. The van der Waals surface area contributed by atoms with Crippen molar-refractivity contribution in [2.75, 3.05) is 38.3 Å². The molecule has 8 nitrogen and oxygen atoms in total. The van der Waals surface area contributed by atoms with Gasteiger partial charge in [-0.1, -0.05) is 11.6 Å². The summed E-state index contributed by atoms with van der Waals surface area (Å²) in [6, 6.07) is 5.56. The molecule has 0 saturated carbocycles. The lowest BCUT2D eigenvalue weighted by Gasteiger charge is -2.25. The molecule has 4 rings (SSSR count). The summed E-state index contributed by atoms with van der Waals surface area (Å²) in [6.45, 7) is 3.67. The highest BCUT2D eigenvalue weighted by atomic mass is 35.5. The highest BCUT2D eigenvalue weighted by Crippen LogP contribution is 2.47. The van der Waals surface area contributed by atoms with Crippen molar-refractivity contribution in [2.45, 2.75) is 38.0 Å². The number of anilines is 1. The number of benzene rings is 1. The molecular weight excluding hydrogens is 466 g/mol. The van der Waals surface area contributed by atoms with Crippen LogP contribution in [-0.2, 0) is 37.3 Å². The van der Waals surface area contributed by atoms with Gasteiger partial charge in [-0.15, -0.1) is 11.3 Å². The van der Waals surface area contributed by atoms with E-state index in [4.69, 9.17) is 21.1 Å². The predicted molar refractivity (Wildman–Crippen MR) is 125 cm³/mol. The second-order valence-electron chi connectivity index (χ2n) is 8.27. The van der Waals surface area contributed by atoms with Gasteiger partial charge in [0, 0.05) is 46.8 Å². The molecule has 1 aromatic heterocycles. The molecule has 2 amide bonds. The lowest BCUT2D eigenvalue weighted by molar-refractivity contribution is -0.143. The number of methoxy groups -OCH3 is 1. The fourth-order valence-corrected chi connectivity index (χ4v) is 5.68. The molecule has 3 heterocycles. The maximum absolute atomic E-state index is 13.3. The number of thiazole rings is 1. The first-order valence-electron chi connectivity index (χ1n) is 10.9. The normalized spacial score (nSPS) is 19.1.